The largest absolute Gasteiger partial charge is 0.441 e. The zero-order valence-corrected chi connectivity index (χ0v) is 20.2. The van der Waals surface area contributed by atoms with E-state index in [0.29, 0.717) is 34.3 Å². The molecular formula is C24H26ClN4O3S+. The molecule has 0 radical (unpaired) electrons. The Morgan fingerprint density at radius 1 is 1.09 bits per heavy atom. The number of sulfonamides is 1. The van der Waals surface area contributed by atoms with Crippen molar-refractivity contribution in [2.45, 2.75) is 39.7 Å². The highest BCUT2D eigenvalue weighted by molar-refractivity contribution is 7.90. The van der Waals surface area contributed by atoms with Gasteiger partial charge in [-0.15, -0.1) is 0 Å². The van der Waals surface area contributed by atoms with E-state index < -0.39 is 20.5 Å². The summed E-state index contributed by atoms with van der Waals surface area (Å²) in [6, 6.07) is 14.1. The van der Waals surface area contributed by atoms with E-state index in [-0.39, 0.29) is 12.3 Å². The molecule has 1 atom stereocenters. The predicted molar refractivity (Wildman–Crippen MR) is 133 cm³/mol. The highest BCUT2D eigenvalue weighted by Gasteiger charge is 2.50. The molecule has 2 aromatic carbocycles. The number of unbranched alkanes of at least 4 members (excludes halogenated alkanes) is 2. The standard InChI is InChI=1S/C24H25ClN4O3S/c1-3-4-9-14-33(31,32)28-24(30)29(17(2)27-20-12-7-8-13-22(20)29)16-21-23(25)19-11-6-5-10-18(19)15-26-21/h5-8,10-13,15H,3-4,9,14,16H2,1-2H3/p+1. The van der Waals surface area contributed by atoms with Crippen LogP contribution in [0, 0.1) is 0 Å². The van der Waals surface area contributed by atoms with Gasteiger partial charge in [0.25, 0.3) is 0 Å². The van der Waals surface area contributed by atoms with E-state index in [1.54, 1.807) is 31.3 Å². The lowest BCUT2D eigenvalue weighted by atomic mass is 10.1. The van der Waals surface area contributed by atoms with Crippen LogP contribution < -0.4 is 9.21 Å². The van der Waals surface area contributed by atoms with Crippen LogP contribution in [0.15, 0.2) is 59.7 Å². The minimum absolute atomic E-state index is 0.0341. The summed E-state index contributed by atoms with van der Waals surface area (Å²) in [6.07, 6.45) is 3.85. The van der Waals surface area contributed by atoms with Crippen LogP contribution in [-0.4, -0.2) is 31.0 Å². The fourth-order valence-corrected chi connectivity index (χ4v) is 5.54. The Labute approximate surface area is 198 Å². The summed E-state index contributed by atoms with van der Waals surface area (Å²) in [7, 11) is -3.82. The number of amidine groups is 1. The van der Waals surface area contributed by atoms with Crippen LogP contribution in [0.3, 0.4) is 0 Å². The second-order valence-electron chi connectivity index (χ2n) is 8.15. The maximum Gasteiger partial charge on any atom is 0.441 e. The Hall–Kier alpha value is -2.81. The Bertz CT molecular complexity index is 1360. The van der Waals surface area contributed by atoms with Crippen LogP contribution in [0.1, 0.15) is 38.8 Å². The normalized spacial score (nSPS) is 17.6. The molecule has 9 heteroatoms. The van der Waals surface area contributed by atoms with Gasteiger partial charge in [-0.25, -0.2) is 17.9 Å². The predicted octanol–water partition coefficient (Wildman–Crippen LogP) is 5.69. The number of hydrogen-bond donors (Lipinski definition) is 1. The summed E-state index contributed by atoms with van der Waals surface area (Å²) >= 11 is 6.72. The minimum Gasteiger partial charge on any atom is -0.253 e. The number of nitrogens with zero attached hydrogens (tertiary/aromatic N) is 3. The Morgan fingerprint density at radius 3 is 2.61 bits per heavy atom. The minimum atomic E-state index is -3.82. The lowest BCUT2D eigenvalue weighted by Gasteiger charge is -2.30. The van der Waals surface area contributed by atoms with Gasteiger partial charge in [-0.3, -0.25) is 4.98 Å². The number of urea groups is 1. The van der Waals surface area contributed by atoms with E-state index in [2.05, 4.69) is 14.7 Å². The number of rotatable bonds is 7. The number of quaternary nitrogens is 1. The molecule has 33 heavy (non-hydrogen) atoms. The van der Waals surface area contributed by atoms with Crippen molar-refractivity contribution in [2.75, 3.05) is 5.75 Å². The molecular weight excluding hydrogens is 460 g/mol. The second kappa shape index (κ2) is 9.21. The Kier molecular flexibility index (Phi) is 6.52. The van der Waals surface area contributed by atoms with Crippen LogP contribution in [0.5, 0.6) is 0 Å². The van der Waals surface area contributed by atoms with E-state index in [1.165, 1.54) is 0 Å². The van der Waals surface area contributed by atoms with Crippen LogP contribution in [0.2, 0.25) is 5.02 Å². The highest BCUT2D eigenvalue weighted by Crippen LogP contribution is 2.43. The number of nitrogens with one attached hydrogen (secondary N) is 1. The third-order valence-electron chi connectivity index (χ3n) is 5.93. The average Bonchev–Trinajstić information content (AvgIpc) is 3.08. The van der Waals surface area contributed by atoms with Crippen LogP contribution >= 0.6 is 11.6 Å². The van der Waals surface area contributed by atoms with Crippen LogP contribution in [0.4, 0.5) is 16.2 Å². The quantitative estimate of drug-likeness (QED) is 0.344. The van der Waals surface area contributed by atoms with E-state index >= 15 is 0 Å². The number of amides is 2. The van der Waals surface area contributed by atoms with E-state index in [1.807, 2.05) is 37.3 Å². The van der Waals surface area contributed by atoms with Crippen molar-refractivity contribution in [3.63, 3.8) is 0 Å². The van der Waals surface area contributed by atoms with E-state index in [4.69, 9.17) is 11.6 Å². The number of hydrogen-bond acceptors (Lipinski definition) is 5. The fourth-order valence-electron chi connectivity index (χ4n) is 4.15. The number of pyridine rings is 1. The summed E-state index contributed by atoms with van der Waals surface area (Å²) in [4.78, 5) is 22.8. The zero-order valence-electron chi connectivity index (χ0n) is 18.6. The maximum absolute atomic E-state index is 13.7. The SMILES string of the molecule is CCCCCS(=O)(=O)NC(=O)[N+]1(Cc2ncc3ccccc3c2Cl)C(C)=Nc2ccccc21. The topological polar surface area (TPSA) is 88.5 Å². The number of benzene rings is 2. The molecule has 0 aliphatic carbocycles. The second-order valence-corrected chi connectivity index (χ2v) is 10.4. The molecule has 2 amide bonds. The Morgan fingerprint density at radius 2 is 1.82 bits per heavy atom. The maximum atomic E-state index is 13.7. The van der Waals surface area contributed by atoms with Gasteiger partial charge in [0.2, 0.25) is 15.9 Å². The molecule has 172 valence electrons. The lowest BCUT2D eigenvalue weighted by Crippen LogP contribution is -2.61. The first-order valence-corrected chi connectivity index (χ1v) is 12.9. The molecule has 0 spiro atoms. The zero-order chi connectivity index (χ0) is 23.6. The van der Waals surface area contributed by atoms with Gasteiger partial charge in [0.05, 0.1) is 10.8 Å². The van der Waals surface area contributed by atoms with E-state index in [9.17, 15) is 13.2 Å². The van der Waals surface area contributed by atoms with Gasteiger partial charge >= 0.3 is 6.03 Å². The lowest BCUT2D eigenvalue weighted by molar-refractivity contribution is 0.225. The molecule has 1 aliphatic rings. The molecule has 3 aromatic rings. The van der Waals surface area contributed by atoms with Gasteiger partial charge in [0, 0.05) is 30.0 Å². The van der Waals surface area contributed by atoms with Gasteiger partial charge in [-0.2, -0.15) is 9.48 Å². The van der Waals surface area contributed by atoms with Gasteiger partial charge in [-0.1, -0.05) is 67.8 Å². The van der Waals surface area contributed by atoms with Gasteiger partial charge in [0.1, 0.15) is 17.9 Å². The third-order valence-corrected chi connectivity index (χ3v) is 7.66. The molecule has 2 heterocycles. The number of aliphatic imine (C=N–C) groups is 1. The first-order valence-electron chi connectivity index (χ1n) is 10.9. The monoisotopic (exact) mass is 485 g/mol. The van der Waals surface area contributed by atoms with E-state index in [0.717, 1.165) is 23.6 Å². The van der Waals surface area contributed by atoms with Crippen molar-refractivity contribution in [3.05, 3.63) is 65.4 Å². The molecule has 1 aliphatic heterocycles. The number of fused-ring (bicyclic) bond motifs is 2. The van der Waals surface area contributed by atoms with Crippen molar-refractivity contribution in [2.24, 2.45) is 4.99 Å². The van der Waals surface area contributed by atoms with Crippen molar-refractivity contribution in [1.82, 2.24) is 14.2 Å². The molecule has 7 nitrogen and oxygen atoms in total. The number of para-hydroxylation sites is 2. The van der Waals surface area contributed by atoms with Gasteiger partial charge in [-0.05, 0) is 12.5 Å². The molecule has 0 fully saturated rings. The van der Waals surface area contributed by atoms with Crippen LogP contribution in [-0.2, 0) is 16.6 Å². The summed E-state index contributed by atoms with van der Waals surface area (Å²) in [5.41, 5.74) is 1.69. The smallest absolute Gasteiger partial charge is 0.253 e. The van der Waals surface area contributed by atoms with Gasteiger partial charge < -0.3 is 0 Å². The molecule has 1 unspecified atom stereocenters. The third kappa shape index (κ3) is 4.38. The summed E-state index contributed by atoms with van der Waals surface area (Å²) in [5.74, 6) is 0.336. The number of carbonyl (C=O) groups is 1. The summed E-state index contributed by atoms with van der Waals surface area (Å²) in [5, 5.41) is 2.13. The highest BCUT2D eigenvalue weighted by atomic mass is 35.5. The molecule has 4 rings (SSSR count). The molecule has 0 saturated heterocycles. The number of carbonyl (C=O) groups excluding carboxylic acids is 1. The molecule has 1 aromatic heterocycles. The Balaban J connectivity index is 1.78. The first-order chi connectivity index (χ1) is 15.8. The summed E-state index contributed by atoms with van der Waals surface area (Å²) < 4.78 is 27.3. The van der Waals surface area contributed by atoms with Crippen molar-refractivity contribution < 1.29 is 13.2 Å². The van der Waals surface area contributed by atoms with Crippen molar-refractivity contribution in [1.29, 1.82) is 0 Å². The van der Waals surface area contributed by atoms with Crippen molar-refractivity contribution in [3.8, 4) is 0 Å². The number of aromatic nitrogens is 1. The number of halogens is 1. The van der Waals surface area contributed by atoms with Crippen molar-refractivity contribution >= 4 is 55.6 Å². The van der Waals surface area contributed by atoms with Crippen LogP contribution in [0.25, 0.3) is 10.8 Å². The fraction of sp³-hybridized carbons (Fsp3) is 0.292. The summed E-state index contributed by atoms with van der Waals surface area (Å²) in [6.45, 7) is 3.75. The first kappa shape index (κ1) is 23.4. The molecule has 0 saturated carbocycles. The molecule has 1 N–H and O–H groups in total. The average molecular weight is 486 g/mol. The molecule has 0 bridgehead atoms. The van der Waals surface area contributed by atoms with Gasteiger partial charge in [0.15, 0.2) is 5.69 Å².